The molecule has 7 atom stereocenters. The molecule has 0 bridgehead atoms. The van der Waals surface area contributed by atoms with Crippen molar-refractivity contribution in [2.75, 3.05) is 39.3 Å². The number of fused-ring (bicyclic) bond motifs is 2. The molecule has 5 aliphatic rings. The largest absolute Gasteiger partial charge is 0.462 e. The number of carbonyl (C=O) groups excluding carboxylic acids is 2. The highest BCUT2D eigenvalue weighted by atomic mass is 16.6. The lowest BCUT2D eigenvalue weighted by Gasteiger charge is -2.48. The maximum absolute atomic E-state index is 12.8. The number of ether oxygens (including phenoxy) is 3. The van der Waals surface area contributed by atoms with Crippen LogP contribution in [0.25, 0.3) is 0 Å². The monoisotopic (exact) mass is 407 g/mol. The number of carbonyl (C=O) groups is 2. The van der Waals surface area contributed by atoms with Gasteiger partial charge in [-0.15, -0.1) is 0 Å². The Bertz CT molecular complexity index is 693. The molecule has 162 valence electrons. The Morgan fingerprint density at radius 2 is 2.10 bits per heavy atom. The molecule has 1 spiro atoms. The maximum atomic E-state index is 12.8. The minimum Gasteiger partial charge on any atom is -0.462 e. The van der Waals surface area contributed by atoms with Gasteiger partial charge in [0.2, 0.25) is 0 Å². The van der Waals surface area contributed by atoms with Gasteiger partial charge in [-0.3, -0.25) is 9.69 Å². The van der Waals surface area contributed by atoms with Crippen LogP contribution in [-0.4, -0.2) is 74.1 Å². The van der Waals surface area contributed by atoms with Crippen molar-refractivity contribution in [1.29, 1.82) is 0 Å². The molecule has 7 nitrogen and oxygen atoms in total. The van der Waals surface area contributed by atoms with Crippen molar-refractivity contribution >= 4 is 12.1 Å². The summed E-state index contributed by atoms with van der Waals surface area (Å²) < 4.78 is 17.6. The van der Waals surface area contributed by atoms with E-state index < -0.39 is 0 Å². The van der Waals surface area contributed by atoms with Gasteiger partial charge in [0, 0.05) is 11.3 Å². The van der Waals surface area contributed by atoms with E-state index in [1.54, 1.807) is 4.90 Å². The van der Waals surface area contributed by atoms with Gasteiger partial charge in [-0.05, 0) is 32.1 Å². The van der Waals surface area contributed by atoms with Crippen LogP contribution in [0.5, 0.6) is 0 Å². The molecule has 0 aromatic heterocycles. The average molecular weight is 408 g/mol. The van der Waals surface area contributed by atoms with Crippen LogP contribution in [0.3, 0.4) is 0 Å². The Hall–Kier alpha value is -1.34. The Kier molecular flexibility index (Phi) is 4.63. The van der Waals surface area contributed by atoms with Gasteiger partial charge in [0.25, 0.3) is 0 Å². The SMILES string of the molecule is CCOC(=O)N1CC[NH+](C[C@@H]2C(=O)O[C@H]3C[C@]4(C)CCC[C@@H](C)[C@@]45O[C@H]5[C@@H]32)CC1. The lowest BCUT2D eigenvalue weighted by Crippen LogP contribution is -3.15. The zero-order valence-electron chi connectivity index (χ0n) is 17.9. The van der Waals surface area contributed by atoms with E-state index in [9.17, 15) is 9.59 Å². The number of amides is 1. The van der Waals surface area contributed by atoms with E-state index in [-0.39, 0.29) is 47.1 Å². The highest BCUT2D eigenvalue weighted by Crippen LogP contribution is 2.70. The molecule has 29 heavy (non-hydrogen) atoms. The number of epoxide rings is 1. The Balaban J connectivity index is 1.26. The molecule has 0 aromatic carbocycles. The standard InChI is InChI=1S/C22H34N2O5/c1-4-27-20(26)24-10-8-23(9-11-24)13-15-17-16(28-19(15)25)12-21(3)7-5-6-14(2)22(21)18(17)29-22/h14-18H,4-13H2,1-3H3/p+1/t14-,15+,16+,17-,18+,21+,22+/m1/s1. The van der Waals surface area contributed by atoms with E-state index >= 15 is 0 Å². The number of piperazine rings is 1. The topological polar surface area (TPSA) is 72.8 Å². The molecule has 2 saturated carbocycles. The van der Waals surface area contributed by atoms with Crippen LogP contribution in [0, 0.1) is 23.2 Å². The van der Waals surface area contributed by atoms with Crippen molar-refractivity contribution in [1.82, 2.24) is 4.90 Å². The fourth-order valence-electron chi connectivity index (χ4n) is 7.20. The number of nitrogens with zero attached hydrogens (tertiary/aromatic N) is 1. The number of rotatable bonds is 3. The normalized spacial score (nSPS) is 46.4. The second-order valence-electron chi connectivity index (χ2n) is 10.2. The molecule has 1 amide bonds. The Labute approximate surface area is 173 Å². The second kappa shape index (κ2) is 6.84. The molecule has 7 heteroatoms. The van der Waals surface area contributed by atoms with E-state index in [2.05, 4.69) is 13.8 Å². The Morgan fingerprint density at radius 3 is 2.83 bits per heavy atom. The molecule has 0 unspecified atom stereocenters. The van der Waals surface area contributed by atoms with Gasteiger partial charge in [0.05, 0.1) is 45.4 Å². The van der Waals surface area contributed by atoms with Crippen molar-refractivity contribution in [2.45, 2.75) is 64.3 Å². The fraction of sp³-hybridized carbons (Fsp3) is 0.909. The molecule has 1 N–H and O–H groups in total. The highest BCUT2D eigenvalue weighted by Gasteiger charge is 2.78. The molecule has 0 aromatic rings. The number of hydrogen-bond acceptors (Lipinski definition) is 5. The average Bonchev–Trinajstić information content (AvgIpc) is 3.37. The van der Waals surface area contributed by atoms with Crippen LogP contribution in [0.15, 0.2) is 0 Å². The number of nitrogens with one attached hydrogen (secondary N) is 1. The van der Waals surface area contributed by atoms with Crippen molar-refractivity contribution < 1.29 is 28.7 Å². The summed E-state index contributed by atoms with van der Waals surface area (Å²) in [5, 5.41) is 0. The predicted octanol–water partition coefficient (Wildman–Crippen LogP) is 0.869. The van der Waals surface area contributed by atoms with Gasteiger partial charge in [-0.1, -0.05) is 20.3 Å². The molecule has 3 heterocycles. The van der Waals surface area contributed by atoms with Crippen molar-refractivity contribution in [3.8, 4) is 0 Å². The summed E-state index contributed by atoms with van der Waals surface area (Å²) in [6.07, 6.45) is 4.58. The molecule has 5 fully saturated rings. The van der Waals surface area contributed by atoms with Gasteiger partial charge in [0.1, 0.15) is 17.6 Å². The molecular weight excluding hydrogens is 372 g/mol. The van der Waals surface area contributed by atoms with Crippen LogP contribution in [0.2, 0.25) is 0 Å². The summed E-state index contributed by atoms with van der Waals surface area (Å²) in [5.74, 6) is 0.656. The van der Waals surface area contributed by atoms with E-state index in [0.29, 0.717) is 25.6 Å². The van der Waals surface area contributed by atoms with E-state index in [0.717, 1.165) is 26.1 Å². The van der Waals surface area contributed by atoms with Gasteiger partial charge >= 0.3 is 12.1 Å². The van der Waals surface area contributed by atoms with Crippen LogP contribution in [0.1, 0.15) is 46.5 Å². The van der Waals surface area contributed by atoms with Crippen LogP contribution in [-0.2, 0) is 19.0 Å². The minimum absolute atomic E-state index is 0.0173. The zero-order chi connectivity index (χ0) is 20.4. The van der Waals surface area contributed by atoms with Crippen molar-refractivity contribution in [3.05, 3.63) is 0 Å². The summed E-state index contributed by atoms with van der Waals surface area (Å²) in [6.45, 7) is 10.8. The second-order valence-corrected chi connectivity index (χ2v) is 10.2. The van der Waals surface area contributed by atoms with Gasteiger partial charge in [-0.2, -0.15) is 0 Å². The number of hydrogen-bond donors (Lipinski definition) is 1. The maximum Gasteiger partial charge on any atom is 0.410 e. The lowest BCUT2D eigenvalue weighted by atomic mass is 9.53. The van der Waals surface area contributed by atoms with Crippen LogP contribution in [0.4, 0.5) is 4.79 Å². The smallest absolute Gasteiger partial charge is 0.410 e. The van der Waals surface area contributed by atoms with Crippen molar-refractivity contribution in [2.24, 2.45) is 23.2 Å². The minimum atomic E-state index is -0.224. The van der Waals surface area contributed by atoms with E-state index in [1.165, 1.54) is 24.2 Å². The lowest BCUT2D eigenvalue weighted by molar-refractivity contribution is -0.906. The fourth-order valence-corrected chi connectivity index (χ4v) is 7.20. The number of esters is 1. The molecule has 0 radical (unpaired) electrons. The van der Waals surface area contributed by atoms with Crippen LogP contribution < -0.4 is 4.90 Å². The highest BCUT2D eigenvalue weighted by molar-refractivity contribution is 5.76. The summed E-state index contributed by atoms with van der Waals surface area (Å²) >= 11 is 0. The third-order valence-electron chi connectivity index (χ3n) is 8.70. The first-order chi connectivity index (χ1) is 13.9. The molecule has 3 saturated heterocycles. The molecule has 2 aliphatic carbocycles. The molecule has 5 rings (SSSR count). The van der Waals surface area contributed by atoms with Gasteiger partial charge in [0.15, 0.2) is 0 Å². The third-order valence-corrected chi connectivity index (χ3v) is 8.70. The third kappa shape index (κ3) is 2.83. The first-order valence-corrected chi connectivity index (χ1v) is 11.5. The molecular formula is C22H35N2O5+. The summed E-state index contributed by atoms with van der Waals surface area (Å²) in [5.41, 5.74) is 0.111. The zero-order valence-corrected chi connectivity index (χ0v) is 17.9. The summed E-state index contributed by atoms with van der Waals surface area (Å²) in [7, 11) is 0. The Morgan fingerprint density at radius 1 is 1.34 bits per heavy atom. The van der Waals surface area contributed by atoms with Gasteiger partial charge < -0.3 is 19.1 Å². The predicted molar refractivity (Wildman–Crippen MR) is 104 cm³/mol. The molecule has 3 aliphatic heterocycles. The summed E-state index contributed by atoms with van der Waals surface area (Å²) in [4.78, 5) is 27.9. The summed E-state index contributed by atoms with van der Waals surface area (Å²) in [6, 6.07) is 0. The van der Waals surface area contributed by atoms with E-state index in [4.69, 9.17) is 14.2 Å². The van der Waals surface area contributed by atoms with Gasteiger partial charge in [-0.25, -0.2) is 4.79 Å². The van der Waals surface area contributed by atoms with Crippen molar-refractivity contribution in [3.63, 3.8) is 0 Å². The first kappa shape index (κ1) is 19.6. The quantitative estimate of drug-likeness (QED) is 0.555. The number of quaternary nitrogens is 1. The first-order valence-electron chi connectivity index (χ1n) is 11.5. The van der Waals surface area contributed by atoms with E-state index in [1.807, 2.05) is 6.92 Å². The van der Waals surface area contributed by atoms with Crippen LogP contribution >= 0.6 is 0 Å².